The highest BCUT2D eigenvalue weighted by Gasteiger charge is 2.33. The summed E-state index contributed by atoms with van der Waals surface area (Å²) < 4.78 is 0. The first-order valence-electron chi connectivity index (χ1n) is 55.9. The Hall–Kier alpha value is -12.5. The summed E-state index contributed by atoms with van der Waals surface area (Å²) in [5.41, 5.74) is 55.5. The largest absolute Gasteiger partial charge is 0.0642 e. The number of hydrogen-bond acceptors (Lipinski definition) is 0. The molecule has 0 heteroatoms. The Bertz CT molecular complexity index is 6590. The van der Waals surface area contributed by atoms with Crippen LogP contribution >= 0.6 is 0 Å². The summed E-state index contributed by atoms with van der Waals surface area (Å²) in [5, 5.41) is 0. The standard InChI is InChI=1S/C29H40.C29H28.C21H28.C19H24.C18H22.C17H20.C16H18/c2*1-21-15-17-25(19-27(21)23-11-7-5-8-12-23)29(3,4)26-18-16-22(2)28(20-26)24-13-9-6-10-14-24;1-13-9-19(10-14(2)17(13)5)21(7,8)20-11-15(3)18(6)16(4)12-20;1-13-7-9-17(11-15(13)3)19(5,6)18-10-8-14(2)16(4)12-18;1-5-18(4,16-10-6-14(2)7-11-16)17-12-8-15(3)9-13-17;1-13-5-9-15(10-6-13)17(3,4)16-11-7-14(2)8-12-16;1-12-4-8-15(9-5-12)14(3)16-10-6-13(2)7-11-16/h15-20,23-24H,5-14H2,1-4H3;5-20H,1-4H3;9-12H,1-8H3;7-12H,1-6H3;6-13H,5H2,1-4H3;5-12H,1-4H3;4-11,14H,1-3H3. The van der Waals surface area contributed by atoms with Gasteiger partial charge in [-0.3, -0.25) is 0 Å². The lowest BCUT2D eigenvalue weighted by Crippen LogP contribution is -2.22. The number of benzene rings is 16. The molecule has 0 aromatic heterocycles. The lowest BCUT2D eigenvalue weighted by molar-refractivity contribution is 0.441. The Morgan fingerprint density at radius 3 is 0.698 bits per heavy atom. The molecule has 0 saturated heterocycles. The van der Waals surface area contributed by atoms with E-state index in [1.165, 1.54) is 276 Å². The van der Waals surface area contributed by atoms with Crippen molar-refractivity contribution in [3.8, 4) is 22.3 Å². The Morgan fingerprint density at radius 1 is 0.201 bits per heavy atom. The first-order valence-corrected chi connectivity index (χ1v) is 55.9. The third-order valence-corrected chi connectivity index (χ3v) is 34.7. The van der Waals surface area contributed by atoms with Crippen molar-refractivity contribution in [2.24, 2.45) is 0 Å². The van der Waals surface area contributed by atoms with Crippen LogP contribution in [0.4, 0.5) is 0 Å². The second-order valence-electron chi connectivity index (χ2n) is 47.5. The van der Waals surface area contributed by atoms with Crippen molar-refractivity contribution in [1.29, 1.82) is 0 Å². The number of hydrogen-bond donors (Lipinski definition) is 0. The van der Waals surface area contributed by atoms with Gasteiger partial charge in [-0.05, 0) is 372 Å². The maximum atomic E-state index is 2.56. The van der Waals surface area contributed by atoms with Crippen molar-refractivity contribution < 1.29 is 0 Å². The van der Waals surface area contributed by atoms with Gasteiger partial charge in [0.05, 0.1) is 0 Å². The van der Waals surface area contributed by atoms with E-state index >= 15 is 0 Å². The molecule has 16 aromatic carbocycles. The average Bonchev–Trinajstić information content (AvgIpc) is 0.774. The smallest absolute Gasteiger partial charge is 0.0172 e. The van der Waals surface area contributed by atoms with Crippen molar-refractivity contribution in [3.63, 3.8) is 0 Å². The molecular weight excluding hydrogens is 1790 g/mol. The van der Waals surface area contributed by atoms with Crippen LogP contribution in [0.2, 0.25) is 0 Å². The molecule has 0 amide bonds. The molecule has 0 aliphatic heterocycles. The Labute approximate surface area is 905 Å². The summed E-state index contributed by atoms with van der Waals surface area (Å²) in [6.45, 7) is 74.0. The first-order chi connectivity index (χ1) is 70.6. The fraction of sp³-hybridized carbons (Fsp3) is 0.356. The molecule has 0 spiro atoms. The predicted molar refractivity (Wildman–Crippen MR) is 652 cm³/mol. The molecule has 0 N–H and O–H groups in total. The minimum atomic E-state index is -0.0888. The number of rotatable bonds is 19. The second-order valence-corrected chi connectivity index (χ2v) is 47.5. The van der Waals surface area contributed by atoms with E-state index in [0.717, 1.165) is 18.3 Å². The van der Waals surface area contributed by atoms with Crippen molar-refractivity contribution in [2.75, 3.05) is 0 Å². The van der Waals surface area contributed by atoms with Crippen molar-refractivity contribution in [2.45, 2.75) is 349 Å². The van der Waals surface area contributed by atoms with E-state index in [-0.39, 0.29) is 32.5 Å². The second kappa shape index (κ2) is 50.9. The summed E-state index contributed by atoms with van der Waals surface area (Å²) in [5.74, 6) is 2.02. The maximum absolute atomic E-state index is 2.56. The van der Waals surface area contributed by atoms with Crippen LogP contribution in [0, 0.1) is 138 Å². The van der Waals surface area contributed by atoms with Gasteiger partial charge in [0.25, 0.3) is 0 Å². The normalized spacial score (nSPS) is 13.0. The zero-order chi connectivity index (χ0) is 108. The van der Waals surface area contributed by atoms with E-state index in [1.54, 1.807) is 11.1 Å². The highest BCUT2D eigenvalue weighted by Crippen LogP contribution is 2.46. The van der Waals surface area contributed by atoms with Crippen LogP contribution in [0.15, 0.2) is 340 Å². The molecule has 776 valence electrons. The zero-order valence-electron chi connectivity index (χ0n) is 97.8. The molecule has 149 heavy (non-hydrogen) atoms. The molecule has 2 saturated carbocycles. The molecule has 0 nitrogen and oxygen atoms in total. The van der Waals surface area contributed by atoms with E-state index in [0.29, 0.717) is 5.92 Å². The van der Waals surface area contributed by atoms with Crippen LogP contribution in [0.5, 0.6) is 0 Å². The van der Waals surface area contributed by atoms with Crippen LogP contribution in [0.3, 0.4) is 0 Å². The summed E-state index contributed by atoms with van der Waals surface area (Å²) in [6, 6.07) is 126. The fourth-order valence-corrected chi connectivity index (χ4v) is 21.8. The van der Waals surface area contributed by atoms with Gasteiger partial charge in [0.1, 0.15) is 0 Å². The first kappa shape index (κ1) is 115. The van der Waals surface area contributed by atoms with E-state index in [2.05, 4.69) is 568 Å². The van der Waals surface area contributed by atoms with Gasteiger partial charge in [0.2, 0.25) is 0 Å². The minimum Gasteiger partial charge on any atom is -0.0642 e. The molecular formula is C149H180. The monoisotopic (exact) mass is 1970 g/mol. The van der Waals surface area contributed by atoms with Gasteiger partial charge >= 0.3 is 0 Å². The van der Waals surface area contributed by atoms with Crippen molar-refractivity contribution in [3.05, 3.63) is 540 Å². The highest BCUT2D eigenvalue weighted by atomic mass is 14.4. The minimum absolute atomic E-state index is 0.0342. The third-order valence-electron chi connectivity index (χ3n) is 34.7. The van der Waals surface area contributed by atoms with Crippen LogP contribution in [0.25, 0.3) is 22.3 Å². The summed E-state index contributed by atoms with van der Waals surface area (Å²) in [4.78, 5) is 0. The van der Waals surface area contributed by atoms with E-state index < -0.39 is 0 Å². The van der Waals surface area contributed by atoms with Gasteiger partial charge in [0, 0.05) is 38.4 Å². The van der Waals surface area contributed by atoms with E-state index in [1.807, 2.05) is 0 Å². The van der Waals surface area contributed by atoms with E-state index in [4.69, 9.17) is 0 Å². The van der Waals surface area contributed by atoms with Gasteiger partial charge in [0.15, 0.2) is 0 Å². The summed E-state index contributed by atoms with van der Waals surface area (Å²) in [6.07, 6.45) is 15.1. The summed E-state index contributed by atoms with van der Waals surface area (Å²) >= 11 is 0. The Balaban J connectivity index is 0.000000156. The molecule has 0 heterocycles. The maximum Gasteiger partial charge on any atom is 0.0172 e. The topological polar surface area (TPSA) is 0 Å². The molecule has 2 aliphatic rings. The van der Waals surface area contributed by atoms with Crippen LogP contribution < -0.4 is 0 Å². The predicted octanol–water partition coefficient (Wildman–Crippen LogP) is 41.9. The average molecular weight is 1970 g/mol. The molecule has 0 radical (unpaired) electrons. The molecule has 2 aliphatic carbocycles. The van der Waals surface area contributed by atoms with Gasteiger partial charge in [-0.1, -0.05) is 502 Å². The van der Waals surface area contributed by atoms with Crippen LogP contribution in [-0.2, 0) is 32.5 Å². The van der Waals surface area contributed by atoms with Gasteiger partial charge in [-0.15, -0.1) is 0 Å². The molecule has 0 unspecified atom stereocenters. The number of aryl methyl sites for hydroxylation is 18. The van der Waals surface area contributed by atoms with Crippen LogP contribution in [-0.4, -0.2) is 0 Å². The third kappa shape index (κ3) is 29.0. The Kier molecular flexibility index (Phi) is 39.3. The zero-order valence-corrected chi connectivity index (χ0v) is 97.8. The van der Waals surface area contributed by atoms with Crippen LogP contribution in [0.1, 0.15) is 379 Å². The molecule has 2 fully saturated rings. The highest BCUT2D eigenvalue weighted by molar-refractivity contribution is 5.71. The fourth-order valence-electron chi connectivity index (χ4n) is 21.8. The molecule has 18 rings (SSSR count). The molecule has 0 atom stereocenters. The van der Waals surface area contributed by atoms with Crippen molar-refractivity contribution in [1.82, 2.24) is 0 Å². The van der Waals surface area contributed by atoms with Gasteiger partial charge in [-0.2, -0.15) is 0 Å². The van der Waals surface area contributed by atoms with E-state index in [9.17, 15) is 0 Å². The van der Waals surface area contributed by atoms with Gasteiger partial charge in [-0.25, -0.2) is 0 Å². The lowest BCUT2D eigenvalue weighted by atomic mass is 9.73. The quantitative estimate of drug-likeness (QED) is 0.0757. The SMILES string of the molecule is CCC(C)(c1ccc(C)cc1)c1ccc(C)cc1.Cc1cc(C(C)(C)c2cc(C)c(C)c(C)c2)cc(C)c1C.Cc1ccc(C(C)(C)c2ccc(C)c(-c3ccccc3)c2)cc1-c1ccccc1.Cc1ccc(C(C)(C)c2ccc(C)c(C)c2)cc1C.Cc1ccc(C(C)(C)c2ccc(C)c(C3CCCCC3)c2)cc1C1CCCCC1.Cc1ccc(C(C)(C)c2ccc(C)cc2)cc1.Cc1ccc(C(C)c2ccc(C)cc2)cc1. The molecule has 0 bridgehead atoms. The lowest BCUT2D eigenvalue weighted by Gasteiger charge is -2.31. The molecule has 16 aromatic rings. The van der Waals surface area contributed by atoms with Gasteiger partial charge < -0.3 is 0 Å². The summed E-state index contributed by atoms with van der Waals surface area (Å²) in [7, 11) is 0. The Morgan fingerprint density at radius 2 is 0.423 bits per heavy atom. The van der Waals surface area contributed by atoms with Crippen molar-refractivity contribution >= 4 is 0 Å².